The number of ether oxygens (including phenoxy) is 2. The molecule has 1 spiro atoms. The van der Waals surface area contributed by atoms with E-state index < -0.39 is 5.79 Å². The van der Waals surface area contributed by atoms with Crippen molar-refractivity contribution in [3.8, 4) is 0 Å². The maximum atomic E-state index is 12.5. The van der Waals surface area contributed by atoms with Crippen LogP contribution in [0.2, 0.25) is 0 Å². The molecule has 0 N–H and O–H groups in total. The van der Waals surface area contributed by atoms with Gasteiger partial charge in [0.05, 0.1) is 25.5 Å². The van der Waals surface area contributed by atoms with Gasteiger partial charge in [0, 0.05) is 38.0 Å². The Morgan fingerprint density at radius 2 is 1.91 bits per heavy atom. The third kappa shape index (κ3) is 3.57. The third-order valence-corrected chi connectivity index (χ3v) is 4.71. The molecule has 1 aromatic rings. The van der Waals surface area contributed by atoms with Gasteiger partial charge in [-0.2, -0.15) is 0 Å². The molecule has 0 unspecified atom stereocenters. The first-order chi connectivity index (χ1) is 11.0. The van der Waals surface area contributed by atoms with Crippen LogP contribution < -0.4 is 0 Å². The van der Waals surface area contributed by atoms with Crippen molar-refractivity contribution in [3.05, 3.63) is 17.0 Å². The number of aryl methyl sites for hydroxylation is 2. The molecule has 0 radical (unpaired) electrons. The number of likely N-dealkylation sites (N-methyl/N-ethyl adjacent to an activating group) is 1. The fourth-order valence-electron chi connectivity index (χ4n) is 3.27. The molecule has 7 heteroatoms. The Bertz CT molecular complexity index is 536. The van der Waals surface area contributed by atoms with Gasteiger partial charge < -0.3 is 18.9 Å². The van der Waals surface area contributed by atoms with Gasteiger partial charge in [-0.3, -0.25) is 9.69 Å². The zero-order valence-corrected chi connectivity index (χ0v) is 14.1. The summed E-state index contributed by atoms with van der Waals surface area (Å²) >= 11 is 0. The van der Waals surface area contributed by atoms with Crippen LogP contribution in [0.15, 0.2) is 4.52 Å². The van der Waals surface area contributed by atoms with Crippen LogP contribution in [0.1, 0.15) is 29.9 Å². The lowest BCUT2D eigenvalue weighted by atomic mass is 10.0. The lowest BCUT2D eigenvalue weighted by molar-refractivity contribution is -0.187. The van der Waals surface area contributed by atoms with E-state index in [9.17, 15) is 4.79 Å². The van der Waals surface area contributed by atoms with Crippen LogP contribution >= 0.6 is 0 Å². The molecule has 3 heterocycles. The molecule has 0 aromatic carbocycles. The van der Waals surface area contributed by atoms with Gasteiger partial charge in [0.1, 0.15) is 5.76 Å². The summed E-state index contributed by atoms with van der Waals surface area (Å²) in [6, 6.07) is 0. The summed E-state index contributed by atoms with van der Waals surface area (Å²) in [4.78, 5) is 16.4. The maximum Gasteiger partial charge on any atom is 0.236 e. The van der Waals surface area contributed by atoms with Gasteiger partial charge in [0.25, 0.3) is 0 Å². The number of rotatable bonds is 4. The van der Waals surface area contributed by atoms with Crippen LogP contribution in [-0.2, 0) is 20.8 Å². The van der Waals surface area contributed by atoms with Gasteiger partial charge in [-0.05, 0) is 20.9 Å². The molecule has 3 rings (SSSR count). The highest BCUT2D eigenvalue weighted by atomic mass is 16.7. The fraction of sp³-hybridized carbons (Fsp3) is 0.750. The third-order valence-electron chi connectivity index (χ3n) is 4.71. The van der Waals surface area contributed by atoms with Crippen molar-refractivity contribution in [2.45, 2.75) is 39.0 Å². The average molecular weight is 323 g/mol. The van der Waals surface area contributed by atoms with Gasteiger partial charge in [-0.15, -0.1) is 0 Å². The number of hydrogen-bond donors (Lipinski definition) is 0. The van der Waals surface area contributed by atoms with Crippen LogP contribution in [0, 0.1) is 13.8 Å². The second kappa shape index (κ2) is 6.59. The van der Waals surface area contributed by atoms with E-state index in [1.165, 1.54) is 0 Å². The predicted octanol–water partition coefficient (Wildman–Crippen LogP) is 1.09. The zero-order chi connectivity index (χ0) is 16.4. The lowest BCUT2D eigenvalue weighted by Crippen LogP contribution is -2.49. The highest BCUT2D eigenvalue weighted by Crippen LogP contribution is 2.31. The number of carbonyl (C=O) groups excluding carboxylic acids is 1. The Morgan fingerprint density at radius 3 is 2.48 bits per heavy atom. The Balaban J connectivity index is 1.49. The SMILES string of the molecule is Cc1noc(C)c1CN(C)CC(=O)N1CCC2(CC1)OCCO2. The summed E-state index contributed by atoms with van der Waals surface area (Å²) in [6.07, 6.45) is 1.51. The standard InChI is InChI=1S/C16H25N3O4/c1-12-14(13(2)23-17-12)10-18(3)11-15(20)19-6-4-16(5-7-19)21-8-9-22-16/h4-11H2,1-3H3. The van der Waals surface area contributed by atoms with E-state index in [0.29, 0.717) is 39.4 Å². The van der Waals surface area contributed by atoms with Crippen molar-refractivity contribution in [2.24, 2.45) is 0 Å². The molecule has 128 valence electrons. The first-order valence-electron chi connectivity index (χ1n) is 8.15. The van der Waals surface area contributed by atoms with Crippen molar-refractivity contribution >= 4 is 5.91 Å². The van der Waals surface area contributed by atoms with Gasteiger partial charge in [-0.25, -0.2) is 0 Å². The molecule has 2 saturated heterocycles. The summed E-state index contributed by atoms with van der Waals surface area (Å²) in [7, 11) is 1.94. The minimum atomic E-state index is -0.431. The number of piperidine rings is 1. The summed E-state index contributed by atoms with van der Waals surface area (Å²) in [5, 5.41) is 3.95. The van der Waals surface area contributed by atoms with Crippen molar-refractivity contribution in [3.63, 3.8) is 0 Å². The highest BCUT2D eigenvalue weighted by molar-refractivity contribution is 5.78. The van der Waals surface area contributed by atoms with E-state index in [1.807, 2.05) is 30.7 Å². The lowest BCUT2D eigenvalue weighted by Gasteiger charge is -2.38. The second-order valence-corrected chi connectivity index (χ2v) is 6.46. The first-order valence-corrected chi connectivity index (χ1v) is 8.15. The van der Waals surface area contributed by atoms with E-state index in [2.05, 4.69) is 5.16 Å². The number of carbonyl (C=O) groups is 1. The largest absolute Gasteiger partial charge is 0.361 e. The number of amides is 1. The normalized spacial score (nSPS) is 20.6. The molecule has 0 aliphatic carbocycles. The monoisotopic (exact) mass is 323 g/mol. The summed E-state index contributed by atoms with van der Waals surface area (Å²) < 4.78 is 16.6. The molecule has 23 heavy (non-hydrogen) atoms. The molecule has 1 amide bonds. The predicted molar refractivity (Wildman–Crippen MR) is 82.8 cm³/mol. The van der Waals surface area contributed by atoms with Crippen LogP contribution in [0.3, 0.4) is 0 Å². The quantitative estimate of drug-likeness (QED) is 0.826. The minimum absolute atomic E-state index is 0.145. The molecule has 1 aromatic heterocycles. The zero-order valence-electron chi connectivity index (χ0n) is 14.1. The van der Waals surface area contributed by atoms with Crippen LogP contribution in [0.5, 0.6) is 0 Å². The Hall–Kier alpha value is -1.44. The second-order valence-electron chi connectivity index (χ2n) is 6.46. The van der Waals surface area contributed by atoms with Crippen molar-refractivity contribution in [1.29, 1.82) is 0 Å². The fourth-order valence-corrected chi connectivity index (χ4v) is 3.27. The molecule has 2 aliphatic rings. The number of hydrogen-bond acceptors (Lipinski definition) is 6. The van der Waals surface area contributed by atoms with E-state index in [0.717, 1.165) is 29.9 Å². The number of nitrogens with zero attached hydrogens (tertiary/aromatic N) is 3. The van der Waals surface area contributed by atoms with E-state index >= 15 is 0 Å². The molecular weight excluding hydrogens is 298 g/mol. The van der Waals surface area contributed by atoms with Crippen molar-refractivity contribution in [1.82, 2.24) is 15.0 Å². The van der Waals surface area contributed by atoms with Crippen molar-refractivity contribution < 1.29 is 18.8 Å². The summed E-state index contributed by atoms with van der Waals surface area (Å²) in [6.45, 7) is 7.58. The van der Waals surface area contributed by atoms with Gasteiger partial charge >= 0.3 is 0 Å². The molecule has 0 atom stereocenters. The van der Waals surface area contributed by atoms with Gasteiger partial charge in [0.2, 0.25) is 5.91 Å². The Morgan fingerprint density at radius 1 is 1.26 bits per heavy atom. The van der Waals surface area contributed by atoms with Gasteiger partial charge in [-0.1, -0.05) is 5.16 Å². The summed E-state index contributed by atoms with van der Waals surface area (Å²) in [5.74, 6) is 0.531. The van der Waals surface area contributed by atoms with E-state index in [4.69, 9.17) is 14.0 Å². The Kier molecular flexibility index (Phi) is 4.70. The topological polar surface area (TPSA) is 68.0 Å². The molecular formula is C16H25N3O4. The highest BCUT2D eigenvalue weighted by Gasteiger charge is 2.40. The maximum absolute atomic E-state index is 12.5. The van der Waals surface area contributed by atoms with Crippen LogP contribution in [0.25, 0.3) is 0 Å². The minimum Gasteiger partial charge on any atom is -0.361 e. The van der Waals surface area contributed by atoms with E-state index in [-0.39, 0.29) is 5.91 Å². The number of aromatic nitrogens is 1. The molecule has 0 bridgehead atoms. The van der Waals surface area contributed by atoms with Crippen molar-refractivity contribution in [2.75, 3.05) is 39.9 Å². The first kappa shape index (κ1) is 16.4. The molecule has 7 nitrogen and oxygen atoms in total. The Labute approximate surface area is 136 Å². The molecule has 2 fully saturated rings. The van der Waals surface area contributed by atoms with Crippen LogP contribution in [0.4, 0.5) is 0 Å². The van der Waals surface area contributed by atoms with Crippen LogP contribution in [-0.4, -0.2) is 66.5 Å². The van der Waals surface area contributed by atoms with Gasteiger partial charge in [0.15, 0.2) is 5.79 Å². The molecule has 0 saturated carbocycles. The average Bonchev–Trinajstić information content (AvgIpc) is 3.10. The summed E-state index contributed by atoms with van der Waals surface area (Å²) in [5.41, 5.74) is 1.95. The number of likely N-dealkylation sites (tertiary alicyclic amines) is 1. The molecule has 2 aliphatic heterocycles. The van der Waals surface area contributed by atoms with E-state index in [1.54, 1.807) is 0 Å². The smallest absolute Gasteiger partial charge is 0.236 e.